The lowest BCUT2D eigenvalue weighted by Gasteiger charge is -2.27. The minimum absolute atomic E-state index is 0. The van der Waals surface area contributed by atoms with E-state index in [1.165, 1.54) is 4.90 Å². The number of cyclic esters (lactones) is 1. The van der Waals surface area contributed by atoms with Gasteiger partial charge in [-0.1, -0.05) is 23.4 Å². The van der Waals surface area contributed by atoms with Crippen molar-refractivity contribution in [3.8, 4) is 0 Å². The first-order chi connectivity index (χ1) is 19.6. The molecule has 228 valence electrons. The Balaban J connectivity index is 0.00000484. The van der Waals surface area contributed by atoms with E-state index in [4.69, 9.17) is 26.8 Å². The van der Waals surface area contributed by atoms with Crippen LogP contribution in [0.2, 0.25) is 4.34 Å². The second-order valence-electron chi connectivity index (χ2n) is 9.56. The van der Waals surface area contributed by atoms with Gasteiger partial charge in [-0.25, -0.2) is 4.79 Å². The van der Waals surface area contributed by atoms with Crippen LogP contribution in [-0.2, 0) is 23.9 Å². The Labute approximate surface area is 263 Å². The number of carbonyl (C=O) groups excluding carboxylic acids is 5. The Kier molecular flexibility index (Phi) is 12.6. The standard InChI is InChI=1S/C27H31ClN4O7S2.ClH/c1-17(29)26(36)40-13-3-2-4-23(33)32(25(35)21-9-10-22(28)41-21)15-20-14-31(27(37)39-20)19-7-5-18(6-8-19)30-11-12-38-16-24(30)34;/h5-10,17,20H,2-4,11-16,29H2,1H3;1H/t17-,20+;/m0./s1. The van der Waals surface area contributed by atoms with Crippen LogP contribution in [0.3, 0.4) is 0 Å². The van der Waals surface area contributed by atoms with E-state index in [1.807, 2.05) is 0 Å². The number of morpholine rings is 1. The van der Waals surface area contributed by atoms with Crippen molar-refractivity contribution in [2.24, 2.45) is 5.73 Å². The van der Waals surface area contributed by atoms with Gasteiger partial charge >= 0.3 is 6.09 Å². The molecule has 2 N–H and O–H groups in total. The van der Waals surface area contributed by atoms with Gasteiger partial charge in [0.25, 0.3) is 11.8 Å². The number of hydrogen-bond acceptors (Lipinski definition) is 10. The fourth-order valence-corrected chi connectivity index (χ4v) is 6.12. The third-order valence-electron chi connectivity index (χ3n) is 6.45. The molecular formula is C27H32Cl2N4O7S2. The lowest BCUT2D eigenvalue weighted by atomic mass is 10.2. The molecule has 11 nitrogen and oxygen atoms in total. The van der Waals surface area contributed by atoms with Crippen LogP contribution < -0.4 is 15.5 Å². The summed E-state index contributed by atoms with van der Waals surface area (Å²) in [6, 6.07) is 9.53. The second-order valence-corrected chi connectivity index (χ2v) is 12.4. The number of nitrogens with zero attached hydrogens (tertiary/aromatic N) is 3. The lowest BCUT2D eigenvalue weighted by molar-refractivity contribution is -0.129. The van der Waals surface area contributed by atoms with E-state index in [0.29, 0.717) is 52.3 Å². The van der Waals surface area contributed by atoms with Gasteiger partial charge in [0.15, 0.2) is 0 Å². The van der Waals surface area contributed by atoms with E-state index in [9.17, 15) is 24.0 Å². The Morgan fingerprint density at radius 3 is 2.43 bits per heavy atom. The summed E-state index contributed by atoms with van der Waals surface area (Å²) in [5, 5.41) is -0.112. The fraction of sp³-hybridized carbons (Fsp3) is 0.444. The highest BCUT2D eigenvalue weighted by Crippen LogP contribution is 2.28. The molecule has 2 atom stereocenters. The number of halogens is 2. The molecule has 0 radical (unpaired) electrons. The number of anilines is 2. The molecule has 1 aromatic carbocycles. The number of carbonyl (C=O) groups is 5. The molecule has 2 aliphatic heterocycles. The average Bonchev–Trinajstić information content (AvgIpc) is 3.56. The Hall–Kier alpha value is -2.68. The third-order valence-corrected chi connectivity index (χ3v) is 8.82. The van der Waals surface area contributed by atoms with Crippen LogP contribution in [0.15, 0.2) is 36.4 Å². The molecule has 0 spiro atoms. The van der Waals surface area contributed by atoms with E-state index in [-0.39, 0.29) is 49.5 Å². The van der Waals surface area contributed by atoms with Crippen molar-refractivity contribution in [1.29, 1.82) is 0 Å². The minimum Gasteiger partial charge on any atom is -0.442 e. The van der Waals surface area contributed by atoms with Crippen LogP contribution in [-0.4, -0.2) is 84.6 Å². The maximum Gasteiger partial charge on any atom is 0.414 e. The van der Waals surface area contributed by atoms with Crippen molar-refractivity contribution < 1.29 is 33.4 Å². The Bertz CT molecular complexity index is 1290. The predicted molar refractivity (Wildman–Crippen MR) is 165 cm³/mol. The molecule has 3 heterocycles. The second kappa shape index (κ2) is 15.7. The van der Waals surface area contributed by atoms with Crippen molar-refractivity contribution in [3.05, 3.63) is 45.6 Å². The van der Waals surface area contributed by atoms with Gasteiger partial charge in [-0.2, -0.15) is 0 Å². The van der Waals surface area contributed by atoms with Gasteiger partial charge in [-0.05, 0) is 56.2 Å². The zero-order valence-electron chi connectivity index (χ0n) is 22.9. The smallest absolute Gasteiger partial charge is 0.414 e. The van der Waals surface area contributed by atoms with Gasteiger partial charge < -0.3 is 20.1 Å². The molecule has 42 heavy (non-hydrogen) atoms. The van der Waals surface area contributed by atoms with Crippen molar-refractivity contribution in [1.82, 2.24) is 4.90 Å². The summed E-state index contributed by atoms with van der Waals surface area (Å²) in [5.74, 6) is -0.529. The molecule has 2 saturated heterocycles. The van der Waals surface area contributed by atoms with Crippen molar-refractivity contribution >= 4 is 87.4 Å². The fourth-order valence-electron chi connectivity index (χ4n) is 4.31. The summed E-state index contributed by atoms with van der Waals surface area (Å²) in [6.07, 6.45) is -0.184. The molecule has 4 rings (SSSR count). The van der Waals surface area contributed by atoms with Crippen LogP contribution >= 0.6 is 47.1 Å². The monoisotopic (exact) mass is 658 g/mol. The Morgan fingerprint density at radius 2 is 1.81 bits per heavy atom. The highest BCUT2D eigenvalue weighted by atomic mass is 35.5. The topological polar surface area (TPSA) is 140 Å². The molecule has 4 amide bonds. The van der Waals surface area contributed by atoms with Gasteiger partial charge in [0.05, 0.1) is 35.0 Å². The first-order valence-electron chi connectivity index (χ1n) is 13.1. The lowest BCUT2D eigenvalue weighted by Crippen LogP contribution is -2.43. The number of thioether (sulfide) groups is 1. The maximum atomic E-state index is 13.3. The van der Waals surface area contributed by atoms with E-state index < -0.39 is 30.1 Å². The molecule has 2 fully saturated rings. The highest BCUT2D eigenvalue weighted by Gasteiger charge is 2.36. The van der Waals surface area contributed by atoms with E-state index in [1.54, 1.807) is 48.2 Å². The van der Waals surface area contributed by atoms with Crippen LogP contribution in [0.4, 0.5) is 16.2 Å². The highest BCUT2D eigenvalue weighted by molar-refractivity contribution is 8.13. The van der Waals surface area contributed by atoms with Crippen LogP contribution in [0.5, 0.6) is 0 Å². The molecule has 0 bridgehead atoms. The van der Waals surface area contributed by atoms with Crippen LogP contribution in [0.1, 0.15) is 35.9 Å². The number of unbranched alkanes of at least 4 members (excludes halogenated alkanes) is 1. The van der Waals surface area contributed by atoms with Crippen molar-refractivity contribution in [2.45, 2.75) is 38.3 Å². The summed E-state index contributed by atoms with van der Waals surface area (Å²) in [4.78, 5) is 67.5. The van der Waals surface area contributed by atoms with E-state index >= 15 is 0 Å². The maximum absolute atomic E-state index is 13.3. The number of rotatable bonds is 11. The zero-order chi connectivity index (χ0) is 29.5. The molecule has 0 aliphatic carbocycles. The molecule has 15 heteroatoms. The van der Waals surface area contributed by atoms with Crippen LogP contribution in [0, 0.1) is 0 Å². The van der Waals surface area contributed by atoms with E-state index in [2.05, 4.69) is 0 Å². The number of thiophene rings is 1. The summed E-state index contributed by atoms with van der Waals surface area (Å²) in [6.45, 7) is 2.56. The number of amides is 4. The summed E-state index contributed by atoms with van der Waals surface area (Å²) in [5.41, 5.74) is 6.83. The molecular weight excluding hydrogens is 627 g/mol. The molecule has 2 aromatic rings. The number of ether oxygens (including phenoxy) is 2. The summed E-state index contributed by atoms with van der Waals surface area (Å²) in [7, 11) is 0. The Morgan fingerprint density at radius 1 is 1.12 bits per heavy atom. The predicted octanol–water partition coefficient (Wildman–Crippen LogP) is 3.96. The van der Waals surface area contributed by atoms with E-state index in [0.717, 1.165) is 28.0 Å². The molecule has 0 saturated carbocycles. The van der Waals surface area contributed by atoms with Gasteiger partial charge in [0.1, 0.15) is 12.7 Å². The number of nitrogens with two attached hydrogens (primary N) is 1. The zero-order valence-corrected chi connectivity index (χ0v) is 26.1. The van der Waals surface area contributed by atoms with Gasteiger partial charge in [0.2, 0.25) is 11.0 Å². The third kappa shape index (κ3) is 8.68. The van der Waals surface area contributed by atoms with Gasteiger partial charge in [-0.3, -0.25) is 29.0 Å². The quantitative estimate of drug-likeness (QED) is 0.355. The van der Waals surface area contributed by atoms with Crippen molar-refractivity contribution in [2.75, 3.05) is 48.4 Å². The molecule has 0 unspecified atom stereocenters. The van der Waals surface area contributed by atoms with Gasteiger partial charge in [-0.15, -0.1) is 23.7 Å². The first kappa shape index (κ1) is 33.8. The van der Waals surface area contributed by atoms with Gasteiger partial charge in [0, 0.05) is 30.1 Å². The molecule has 1 aromatic heterocycles. The summed E-state index contributed by atoms with van der Waals surface area (Å²) < 4.78 is 11.1. The minimum atomic E-state index is -0.745. The largest absolute Gasteiger partial charge is 0.442 e. The first-order valence-corrected chi connectivity index (χ1v) is 15.3. The number of benzene rings is 1. The SMILES string of the molecule is C[C@H](N)C(=O)SCCCCC(=O)N(C[C@H]1CN(c2ccc(N3CCOCC3=O)cc2)C(=O)O1)C(=O)c1ccc(Cl)s1.Cl. The average molecular weight is 660 g/mol. The number of imide groups is 1. The summed E-state index contributed by atoms with van der Waals surface area (Å²) >= 11 is 8.21. The number of hydrogen-bond donors (Lipinski definition) is 1. The van der Waals surface area contributed by atoms with Crippen LogP contribution in [0.25, 0.3) is 0 Å². The normalized spacial score (nSPS) is 17.5. The van der Waals surface area contributed by atoms with Crippen molar-refractivity contribution in [3.63, 3.8) is 0 Å². The molecule has 2 aliphatic rings.